The molecule has 0 fully saturated rings. The highest BCUT2D eigenvalue weighted by Crippen LogP contribution is 2.26. The van der Waals surface area contributed by atoms with E-state index >= 15 is 0 Å². The van der Waals surface area contributed by atoms with Gasteiger partial charge < -0.3 is 5.73 Å². The average Bonchev–Trinajstić information content (AvgIpc) is 2.15. The molecule has 0 aliphatic carbocycles. The highest BCUT2D eigenvalue weighted by Gasteiger charge is 2.13. The zero-order valence-corrected chi connectivity index (χ0v) is 8.05. The third-order valence-corrected chi connectivity index (χ3v) is 1.85. The summed E-state index contributed by atoms with van der Waals surface area (Å²) in [6.45, 7) is 2.23. The molecule has 14 heavy (non-hydrogen) atoms. The van der Waals surface area contributed by atoms with Crippen molar-refractivity contribution in [3.05, 3.63) is 23.8 Å². The first-order valence-electron chi connectivity index (χ1n) is 4.16. The molecule has 1 aromatic carbocycles. The van der Waals surface area contributed by atoms with E-state index in [4.69, 9.17) is 10.6 Å². The van der Waals surface area contributed by atoms with Crippen LogP contribution in [0.25, 0.3) is 0 Å². The molecular weight excluding hydrogens is 190 g/mol. The lowest BCUT2D eigenvalue weighted by Gasteiger charge is -2.21. The highest BCUT2D eigenvalue weighted by molar-refractivity contribution is 5.67. The number of nitrogens with two attached hydrogens (primary N) is 1. The van der Waals surface area contributed by atoms with Crippen LogP contribution in [0.2, 0.25) is 0 Å². The summed E-state index contributed by atoms with van der Waals surface area (Å²) in [6, 6.07) is 1.87. The summed E-state index contributed by atoms with van der Waals surface area (Å²) in [6.07, 6.45) is 0. The lowest BCUT2D eigenvalue weighted by atomic mass is 10.2. The number of hydrogen-bond acceptors (Lipinski definition) is 3. The van der Waals surface area contributed by atoms with Crippen LogP contribution in [0, 0.1) is 11.6 Å². The molecule has 0 amide bonds. The van der Waals surface area contributed by atoms with E-state index in [9.17, 15) is 8.78 Å². The van der Waals surface area contributed by atoms with Crippen molar-refractivity contribution in [3.8, 4) is 0 Å². The molecule has 5 heteroatoms. The van der Waals surface area contributed by atoms with Crippen molar-refractivity contribution >= 4 is 11.4 Å². The summed E-state index contributed by atoms with van der Waals surface area (Å²) in [4.78, 5) is 4.90. The molecule has 1 rings (SSSR count). The monoisotopic (exact) mass is 202 g/mol. The first kappa shape index (κ1) is 10.7. The van der Waals surface area contributed by atoms with Crippen molar-refractivity contribution in [3.63, 3.8) is 0 Å². The molecule has 0 aliphatic rings. The van der Waals surface area contributed by atoms with E-state index in [2.05, 4.69) is 0 Å². The Morgan fingerprint density at radius 3 is 2.57 bits per heavy atom. The minimum Gasteiger partial charge on any atom is -0.395 e. The van der Waals surface area contributed by atoms with Crippen LogP contribution < -0.4 is 10.8 Å². The van der Waals surface area contributed by atoms with Crippen LogP contribution in [0.3, 0.4) is 0 Å². The molecule has 0 unspecified atom stereocenters. The highest BCUT2D eigenvalue weighted by atomic mass is 19.1. The van der Waals surface area contributed by atoms with E-state index in [1.165, 1.54) is 12.2 Å². The number of anilines is 2. The minimum absolute atomic E-state index is 0.116. The molecule has 1 aromatic rings. The molecule has 0 aliphatic heterocycles. The van der Waals surface area contributed by atoms with E-state index in [0.29, 0.717) is 6.54 Å². The zero-order chi connectivity index (χ0) is 10.7. The number of hydroxylamine groups is 1. The van der Waals surface area contributed by atoms with Crippen LogP contribution in [0.5, 0.6) is 0 Å². The fourth-order valence-corrected chi connectivity index (χ4v) is 1.18. The third-order valence-electron chi connectivity index (χ3n) is 1.85. The van der Waals surface area contributed by atoms with Gasteiger partial charge in [0.05, 0.1) is 18.5 Å². The second kappa shape index (κ2) is 4.23. The standard InChI is InChI=1S/C9H12F2N2O/c1-3-13(14-2)8-5-6(10)4-7(11)9(8)12/h4-5H,3,12H2,1-2H3. The SMILES string of the molecule is CCN(OC)c1cc(F)cc(F)c1N. The van der Waals surface area contributed by atoms with E-state index in [-0.39, 0.29) is 11.4 Å². The Kier molecular flexibility index (Phi) is 3.24. The summed E-state index contributed by atoms with van der Waals surface area (Å²) in [5.41, 5.74) is 5.53. The summed E-state index contributed by atoms with van der Waals surface area (Å²) in [5, 5.41) is 1.31. The van der Waals surface area contributed by atoms with Gasteiger partial charge in [-0.2, -0.15) is 0 Å². The fraction of sp³-hybridized carbons (Fsp3) is 0.333. The molecule has 0 saturated carbocycles. The van der Waals surface area contributed by atoms with Gasteiger partial charge in [-0.3, -0.25) is 9.90 Å². The van der Waals surface area contributed by atoms with Crippen molar-refractivity contribution in [2.45, 2.75) is 6.92 Å². The quantitative estimate of drug-likeness (QED) is 0.601. The lowest BCUT2D eigenvalue weighted by Crippen LogP contribution is -2.22. The van der Waals surface area contributed by atoms with Gasteiger partial charge in [-0.15, -0.1) is 0 Å². The van der Waals surface area contributed by atoms with Crippen molar-refractivity contribution < 1.29 is 13.6 Å². The van der Waals surface area contributed by atoms with Crippen LogP contribution >= 0.6 is 0 Å². The van der Waals surface area contributed by atoms with E-state index < -0.39 is 11.6 Å². The van der Waals surface area contributed by atoms with Gasteiger partial charge in [-0.05, 0) is 6.92 Å². The normalized spacial score (nSPS) is 10.3. The lowest BCUT2D eigenvalue weighted by molar-refractivity contribution is 0.171. The Balaban J connectivity index is 3.18. The van der Waals surface area contributed by atoms with E-state index in [0.717, 1.165) is 12.1 Å². The predicted molar refractivity (Wildman–Crippen MR) is 50.8 cm³/mol. The predicted octanol–water partition coefficient (Wildman–Crippen LogP) is 1.93. The van der Waals surface area contributed by atoms with E-state index in [1.54, 1.807) is 6.92 Å². The molecule has 0 spiro atoms. The van der Waals surface area contributed by atoms with Gasteiger partial charge in [0, 0.05) is 18.7 Å². The van der Waals surface area contributed by atoms with Crippen molar-refractivity contribution in [1.82, 2.24) is 0 Å². The number of halogens is 2. The van der Waals surface area contributed by atoms with Crippen LogP contribution in [0.15, 0.2) is 12.1 Å². The van der Waals surface area contributed by atoms with Crippen molar-refractivity contribution in [2.75, 3.05) is 24.5 Å². The Hall–Kier alpha value is -1.36. The first-order valence-corrected chi connectivity index (χ1v) is 4.16. The summed E-state index contributed by atoms with van der Waals surface area (Å²) < 4.78 is 25.9. The molecule has 0 heterocycles. The molecule has 0 saturated heterocycles. The smallest absolute Gasteiger partial charge is 0.151 e. The number of benzene rings is 1. The van der Waals surface area contributed by atoms with Gasteiger partial charge in [0.15, 0.2) is 5.82 Å². The first-order chi connectivity index (χ1) is 6.60. The number of rotatable bonds is 3. The molecule has 3 nitrogen and oxygen atoms in total. The minimum atomic E-state index is -0.782. The molecule has 0 aromatic heterocycles. The topological polar surface area (TPSA) is 38.5 Å². The van der Waals surface area contributed by atoms with Crippen LogP contribution in [-0.4, -0.2) is 13.7 Å². The number of nitrogens with zero attached hydrogens (tertiary/aromatic N) is 1. The maximum absolute atomic E-state index is 13.0. The van der Waals surface area contributed by atoms with E-state index in [1.807, 2.05) is 0 Å². The van der Waals surface area contributed by atoms with Gasteiger partial charge in [0.2, 0.25) is 0 Å². The van der Waals surface area contributed by atoms with Crippen LogP contribution in [0.1, 0.15) is 6.92 Å². The number of nitrogen functional groups attached to an aromatic ring is 1. The maximum atomic E-state index is 13.0. The van der Waals surface area contributed by atoms with Crippen LogP contribution in [-0.2, 0) is 4.84 Å². The Labute approximate surface area is 81.0 Å². The fourth-order valence-electron chi connectivity index (χ4n) is 1.18. The molecule has 0 radical (unpaired) electrons. The largest absolute Gasteiger partial charge is 0.395 e. The Morgan fingerprint density at radius 2 is 2.07 bits per heavy atom. The van der Waals surface area contributed by atoms with Gasteiger partial charge in [-0.1, -0.05) is 0 Å². The molecule has 0 atom stereocenters. The van der Waals surface area contributed by atoms with Gasteiger partial charge in [0.25, 0.3) is 0 Å². The average molecular weight is 202 g/mol. The third kappa shape index (κ3) is 1.93. The summed E-state index contributed by atoms with van der Waals surface area (Å²) in [7, 11) is 1.41. The second-order valence-electron chi connectivity index (χ2n) is 2.70. The summed E-state index contributed by atoms with van der Waals surface area (Å²) in [5.74, 6) is -1.46. The van der Waals surface area contributed by atoms with Gasteiger partial charge in [0.1, 0.15) is 5.82 Å². The molecule has 0 bridgehead atoms. The second-order valence-corrected chi connectivity index (χ2v) is 2.70. The van der Waals surface area contributed by atoms with Crippen LogP contribution in [0.4, 0.5) is 20.2 Å². The maximum Gasteiger partial charge on any atom is 0.151 e. The number of hydrogen-bond donors (Lipinski definition) is 1. The van der Waals surface area contributed by atoms with Crippen molar-refractivity contribution in [1.29, 1.82) is 0 Å². The molecular formula is C9H12F2N2O. The Morgan fingerprint density at radius 1 is 1.43 bits per heavy atom. The van der Waals surface area contributed by atoms with Gasteiger partial charge in [-0.25, -0.2) is 8.78 Å². The molecule has 2 N–H and O–H groups in total. The summed E-state index contributed by atoms with van der Waals surface area (Å²) >= 11 is 0. The Bertz CT molecular complexity index is 327. The zero-order valence-electron chi connectivity index (χ0n) is 8.05. The van der Waals surface area contributed by atoms with Crippen molar-refractivity contribution in [2.24, 2.45) is 0 Å². The molecule has 78 valence electrons. The van der Waals surface area contributed by atoms with Gasteiger partial charge >= 0.3 is 0 Å².